The molecule has 6 nitrogen and oxygen atoms in total. The zero-order chi connectivity index (χ0) is 12.5. The van der Waals surface area contributed by atoms with E-state index in [1.165, 1.54) is 23.0 Å². The van der Waals surface area contributed by atoms with Crippen LogP contribution in [0.15, 0.2) is 41.4 Å². The molecule has 1 heterocycles. The van der Waals surface area contributed by atoms with Crippen molar-refractivity contribution in [3.05, 3.63) is 36.5 Å². The van der Waals surface area contributed by atoms with E-state index in [-0.39, 0.29) is 16.4 Å². The molecule has 90 valence electrons. The minimum absolute atomic E-state index is 0.181. The third kappa shape index (κ3) is 2.23. The molecule has 7 heteroatoms. The quantitative estimate of drug-likeness (QED) is 0.845. The number of nitrogen functional groups attached to an aromatic ring is 1. The van der Waals surface area contributed by atoms with Crippen molar-refractivity contribution >= 4 is 21.5 Å². The Balaban J connectivity index is 2.37. The maximum Gasteiger partial charge on any atom is 0.263 e. The third-order valence-corrected chi connectivity index (χ3v) is 3.61. The number of nitrogens with one attached hydrogen (secondary N) is 1. The Morgan fingerprint density at radius 1 is 1.29 bits per heavy atom. The van der Waals surface area contributed by atoms with Crippen LogP contribution in [0.1, 0.15) is 0 Å². The van der Waals surface area contributed by atoms with Gasteiger partial charge in [0.1, 0.15) is 0 Å². The third-order valence-electron chi connectivity index (χ3n) is 2.25. The van der Waals surface area contributed by atoms with Crippen molar-refractivity contribution in [2.24, 2.45) is 7.05 Å². The van der Waals surface area contributed by atoms with Crippen molar-refractivity contribution in [1.82, 2.24) is 9.78 Å². The van der Waals surface area contributed by atoms with Crippen LogP contribution in [0, 0.1) is 0 Å². The van der Waals surface area contributed by atoms with Crippen LogP contribution in [-0.2, 0) is 17.1 Å². The van der Waals surface area contributed by atoms with Crippen molar-refractivity contribution in [2.45, 2.75) is 4.90 Å². The number of aromatic nitrogens is 2. The largest absolute Gasteiger partial charge is 0.394 e. The minimum atomic E-state index is -3.62. The normalized spacial score (nSPS) is 11.4. The molecule has 0 aliphatic heterocycles. The zero-order valence-electron chi connectivity index (χ0n) is 9.16. The van der Waals surface area contributed by atoms with Crippen LogP contribution in [0.25, 0.3) is 0 Å². The summed E-state index contributed by atoms with van der Waals surface area (Å²) >= 11 is 0. The molecule has 0 fully saturated rings. The average molecular weight is 252 g/mol. The van der Waals surface area contributed by atoms with Crippen molar-refractivity contribution in [3.8, 4) is 0 Å². The van der Waals surface area contributed by atoms with E-state index >= 15 is 0 Å². The Hall–Kier alpha value is -2.02. The van der Waals surface area contributed by atoms with Gasteiger partial charge < -0.3 is 5.73 Å². The van der Waals surface area contributed by atoms with E-state index in [1.807, 2.05) is 0 Å². The molecule has 0 unspecified atom stereocenters. The first-order chi connectivity index (χ1) is 8.00. The van der Waals surface area contributed by atoms with Gasteiger partial charge in [-0.15, -0.1) is 0 Å². The summed E-state index contributed by atoms with van der Waals surface area (Å²) in [6.07, 6.45) is 1.39. The van der Waals surface area contributed by atoms with Crippen LogP contribution in [0.3, 0.4) is 0 Å². The lowest BCUT2D eigenvalue weighted by Crippen LogP contribution is -2.16. The van der Waals surface area contributed by atoms with E-state index in [9.17, 15) is 8.42 Å². The van der Waals surface area contributed by atoms with Gasteiger partial charge in [-0.2, -0.15) is 5.10 Å². The summed E-state index contributed by atoms with van der Waals surface area (Å²) in [5, 5.41) is 3.86. The molecule has 0 amide bonds. The molecule has 2 rings (SSSR count). The van der Waals surface area contributed by atoms with Crippen molar-refractivity contribution in [3.63, 3.8) is 0 Å². The van der Waals surface area contributed by atoms with E-state index in [4.69, 9.17) is 5.73 Å². The molecule has 0 saturated carbocycles. The van der Waals surface area contributed by atoms with Gasteiger partial charge in [-0.05, 0) is 12.1 Å². The van der Waals surface area contributed by atoms with E-state index < -0.39 is 10.0 Å². The fraction of sp³-hybridized carbons (Fsp3) is 0.100. The van der Waals surface area contributed by atoms with Crippen LogP contribution in [0.5, 0.6) is 0 Å². The van der Waals surface area contributed by atoms with Gasteiger partial charge in [0, 0.05) is 7.05 Å². The Morgan fingerprint density at radius 3 is 2.47 bits per heavy atom. The van der Waals surface area contributed by atoms with Crippen molar-refractivity contribution in [2.75, 3.05) is 10.5 Å². The number of sulfonamides is 1. The summed E-state index contributed by atoms with van der Waals surface area (Å²) in [5.74, 6) is 0.258. The molecule has 0 atom stereocenters. The van der Waals surface area contributed by atoms with Gasteiger partial charge in [-0.1, -0.05) is 18.2 Å². The second kappa shape index (κ2) is 4.10. The lowest BCUT2D eigenvalue weighted by atomic mass is 10.4. The Kier molecular flexibility index (Phi) is 2.76. The van der Waals surface area contributed by atoms with Crippen LogP contribution < -0.4 is 10.5 Å². The molecule has 17 heavy (non-hydrogen) atoms. The molecule has 1 aromatic heterocycles. The van der Waals surface area contributed by atoms with Crippen molar-refractivity contribution in [1.29, 1.82) is 0 Å². The van der Waals surface area contributed by atoms with E-state index in [1.54, 1.807) is 25.2 Å². The maximum absolute atomic E-state index is 12.0. The van der Waals surface area contributed by atoms with E-state index in [0.717, 1.165) is 0 Å². The molecule has 2 aromatic rings. The number of anilines is 2. The highest BCUT2D eigenvalue weighted by Gasteiger charge is 2.17. The van der Waals surface area contributed by atoms with Crippen LogP contribution in [0.4, 0.5) is 11.5 Å². The number of aryl methyl sites for hydroxylation is 1. The molecule has 0 bridgehead atoms. The van der Waals surface area contributed by atoms with Gasteiger partial charge in [-0.3, -0.25) is 9.40 Å². The number of nitrogens with zero attached hydrogens (tertiary/aromatic N) is 2. The van der Waals surface area contributed by atoms with Gasteiger partial charge in [0.15, 0.2) is 5.82 Å². The maximum atomic E-state index is 12.0. The van der Waals surface area contributed by atoms with Gasteiger partial charge >= 0.3 is 0 Å². The second-order valence-electron chi connectivity index (χ2n) is 3.49. The molecule has 0 saturated heterocycles. The molecule has 1 aromatic carbocycles. The first kappa shape index (κ1) is 11.5. The predicted molar refractivity (Wildman–Crippen MR) is 64.9 cm³/mol. The number of hydrogen-bond acceptors (Lipinski definition) is 4. The summed E-state index contributed by atoms with van der Waals surface area (Å²) in [4.78, 5) is 0.181. The summed E-state index contributed by atoms with van der Waals surface area (Å²) < 4.78 is 27.8. The topological polar surface area (TPSA) is 90.0 Å². The van der Waals surface area contributed by atoms with E-state index in [2.05, 4.69) is 9.82 Å². The number of benzene rings is 1. The van der Waals surface area contributed by atoms with E-state index in [0.29, 0.717) is 0 Å². The Morgan fingerprint density at radius 2 is 1.94 bits per heavy atom. The van der Waals surface area contributed by atoms with Crippen LogP contribution in [-0.4, -0.2) is 18.2 Å². The molecular weight excluding hydrogens is 240 g/mol. The molecular formula is C10H12N4O2S. The predicted octanol–water partition coefficient (Wildman–Crippen LogP) is 0.803. The average Bonchev–Trinajstić information content (AvgIpc) is 2.62. The summed E-state index contributed by atoms with van der Waals surface area (Å²) in [5.41, 5.74) is 5.90. The van der Waals surface area contributed by atoms with Crippen LogP contribution in [0.2, 0.25) is 0 Å². The van der Waals surface area contributed by atoms with Gasteiger partial charge in [-0.25, -0.2) is 8.42 Å². The van der Waals surface area contributed by atoms with Crippen molar-refractivity contribution < 1.29 is 8.42 Å². The first-order valence-electron chi connectivity index (χ1n) is 4.86. The lowest BCUT2D eigenvalue weighted by Gasteiger charge is -2.08. The number of rotatable bonds is 3. The highest BCUT2D eigenvalue weighted by molar-refractivity contribution is 7.92. The molecule has 3 N–H and O–H groups in total. The SMILES string of the molecule is Cn1ncc(N)c1NS(=O)(=O)c1ccccc1. The standard InChI is InChI=1S/C10H12N4O2S/c1-14-10(9(11)7-12-14)13-17(15,16)8-5-3-2-4-6-8/h2-7,13H,11H2,1H3. The van der Waals surface area contributed by atoms with Crippen LogP contribution >= 0.6 is 0 Å². The second-order valence-corrected chi connectivity index (χ2v) is 5.17. The fourth-order valence-electron chi connectivity index (χ4n) is 1.37. The molecule has 0 aliphatic carbocycles. The summed E-state index contributed by atoms with van der Waals surface area (Å²) in [6.45, 7) is 0. The first-order valence-corrected chi connectivity index (χ1v) is 6.34. The highest BCUT2D eigenvalue weighted by Crippen LogP contribution is 2.20. The fourth-order valence-corrected chi connectivity index (χ4v) is 2.50. The zero-order valence-corrected chi connectivity index (χ0v) is 9.98. The summed E-state index contributed by atoms with van der Waals surface area (Å²) in [6, 6.07) is 8.07. The molecule has 0 spiro atoms. The summed E-state index contributed by atoms with van der Waals surface area (Å²) in [7, 11) is -2.01. The molecule has 0 radical (unpaired) electrons. The smallest absolute Gasteiger partial charge is 0.263 e. The molecule has 0 aliphatic rings. The van der Waals surface area contributed by atoms with Gasteiger partial charge in [0.25, 0.3) is 10.0 Å². The lowest BCUT2D eigenvalue weighted by molar-refractivity contribution is 0.600. The highest BCUT2D eigenvalue weighted by atomic mass is 32.2. The minimum Gasteiger partial charge on any atom is -0.394 e. The van der Waals surface area contributed by atoms with Gasteiger partial charge in [0.05, 0.1) is 16.8 Å². The van der Waals surface area contributed by atoms with Gasteiger partial charge in [0.2, 0.25) is 0 Å². The number of nitrogens with two attached hydrogens (primary N) is 1. The Bertz CT molecular complexity index is 600. The Labute approximate surface area is 99.1 Å². The number of hydrogen-bond donors (Lipinski definition) is 2. The monoisotopic (exact) mass is 252 g/mol.